The molecule has 1 aliphatic rings. The first-order chi connectivity index (χ1) is 17.6. The molecule has 0 aliphatic carbocycles. The van der Waals surface area contributed by atoms with Crippen molar-refractivity contribution in [2.75, 3.05) is 25.7 Å². The highest BCUT2D eigenvalue weighted by atomic mass is 19.3. The number of allylic oxidation sites excluding steroid dienone is 1. The van der Waals surface area contributed by atoms with Crippen molar-refractivity contribution < 1.29 is 37.5 Å². The van der Waals surface area contributed by atoms with Gasteiger partial charge in [0.15, 0.2) is 0 Å². The van der Waals surface area contributed by atoms with Gasteiger partial charge in [-0.15, -0.1) is 0 Å². The fourth-order valence-electron chi connectivity index (χ4n) is 3.83. The Morgan fingerprint density at radius 1 is 1.16 bits per heavy atom. The molecule has 2 aromatic carbocycles. The second kappa shape index (κ2) is 11.2. The first kappa shape index (κ1) is 26.6. The van der Waals surface area contributed by atoms with Crippen LogP contribution in [0, 0.1) is 21.4 Å². The highest BCUT2D eigenvalue weighted by molar-refractivity contribution is 6.06. The van der Waals surface area contributed by atoms with Gasteiger partial charge >= 0.3 is 11.9 Å². The van der Waals surface area contributed by atoms with Crippen LogP contribution in [0.15, 0.2) is 71.2 Å². The standard InChI is InChI=1S/C24H20F2N4O7/c1-35-23(31)20-19(13-6-4-3-5-7-13)17(11-27)22(28)29(21(20)24(32)36-2)14-8-15(30(33)34)10-16(9-14)37-12-18(25)26/h3-10,18-19H,12,28H2,1-2H3. The molecule has 1 atom stereocenters. The molecule has 0 spiro atoms. The summed E-state index contributed by atoms with van der Waals surface area (Å²) in [7, 11) is 2.10. The van der Waals surface area contributed by atoms with Gasteiger partial charge < -0.3 is 19.9 Å². The summed E-state index contributed by atoms with van der Waals surface area (Å²) in [4.78, 5) is 37.8. The number of nitrogens with zero attached hydrogens (tertiary/aromatic N) is 3. The molecule has 11 nitrogen and oxygen atoms in total. The van der Waals surface area contributed by atoms with E-state index >= 15 is 0 Å². The van der Waals surface area contributed by atoms with Crippen molar-refractivity contribution >= 4 is 23.3 Å². The van der Waals surface area contributed by atoms with Crippen molar-refractivity contribution in [3.05, 3.63) is 86.9 Å². The lowest BCUT2D eigenvalue weighted by molar-refractivity contribution is -0.384. The van der Waals surface area contributed by atoms with Crippen LogP contribution in [0.25, 0.3) is 0 Å². The van der Waals surface area contributed by atoms with Gasteiger partial charge in [-0.25, -0.2) is 18.4 Å². The summed E-state index contributed by atoms with van der Waals surface area (Å²) in [6, 6.07) is 13.1. The molecule has 1 aliphatic heterocycles. The number of carbonyl (C=O) groups is 2. The molecule has 2 aromatic rings. The molecule has 0 radical (unpaired) electrons. The maximum Gasteiger partial charge on any atom is 0.355 e. The van der Waals surface area contributed by atoms with E-state index in [4.69, 9.17) is 19.9 Å². The average Bonchev–Trinajstić information content (AvgIpc) is 2.90. The van der Waals surface area contributed by atoms with E-state index in [0.29, 0.717) is 5.56 Å². The molecule has 0 aromatic heterocycles. The summed E-state index contributed by atoms with van der Waals surface area (Å²) in [5, 5.41) is 21.6. The van der Waals surface area contributed by atoms with Crippen LogP contribution in [0.5, 0.6) is 5.75 Å². The number of hydrogen-bond acceptors (Lipinski definition) is 10. The van der Waals surface area contributed by atoms with Gasteiger partial charge in [-0.1, -0.05) is 30.3 Å². The smallest absolute Gasteiger partial charge is 0.355 e. The third kappa shape index (κ3) is 5.32. The first-order valence-electron chi connectivity index (χ1n) is 10.5. The van der Waals surface area contributed by atoms with Crippen molar-refractivity contribution in [1.29, 1.82) is 5.26 Å². The van der Waals surface area contributed by atoms with Gasteiger partial charge in [0.1, 0.15) is 23.9 Å². The predicted molar refractivity (Wildman–Crippen MR) is 124 cm³/mol. The van der Waals surface area contributed by atoms with Crippen LogP contribution in [0.1, 0.15) is 11.5 Å². The number of methoxy groups -OCH3 is 2. The fraction of sp³-hybridized carbons (Fsp3) is 0.208. The van der Waals surface area contributed by atoms with Crippen LogP contribution in [0.3, 0.4) is 0 Å². The largest absolute Gasteiger partial charge is 0.487 e. The third-order valence-corrected chi connectivity index (χ3v) is 5.33. The van der Waals surface area contributed by atoms with Gasteiger partial charge in [-0.3, -0.25) is 15.0 Å². The molecule has 0 saturated heterocycles. The van der Waals surface area contributed by atoms with E-state index in [0.717, 1.165) is 37.3 Å². The first-order valence-corrected chi connectivity index (χ1v) is 10.5. The van der Waals surface area contributed by atoms with Crippen LogP contribution in [-0.2, 0) is 19.1 Å². The van der Waals surface area contributed by atoms with E-state index < -0.39 is 47.2 Å². The Morgan fingerprint density at radius 3 is 2.35 bits per heavy atom. The van der Waals surface area contributed by atoms with E-state index in [2.05, 4.69) is 0 Å². The number of halogens is 2. The number of anilines is 1. The number of nitriles is 1. The van der Waals surface area contributed by atoms with Crippen molar-refractivity contribution in [2.45, 2.75) is 12.3 Å². The molecular weight excluding hydrogens is 494 g/mol. The Balaban J connectivity index is 2.39. The Labute approximate surface area is 209 Å². The summed E-state index contributed by atoms with van der Waals surface area (Å²) in [6.07, 6.45) is -2.88. The molecule has 0 bridgehead atoms. The number of alkyl halides is 2. The Morgan fingerprint density at radius 2 is 1.81 bits per heavy atom. The van der Waals surface area contributed by atoms with E-state index in [1.165, 1.54) is 0 Å². The second-order valence-electron chi connectivity index (χ2n) is 7.48. The van der Waals surface area contributed by atoms with E-state index in [1.807, 2.05) is 6.07 Å². The maximum absolute atomic E-state index is 13.1. The predicted octanol–water partition coefficient (Wildman–Crippen LogP) is 3.14. The molecule has 3 rings (SSSR count). The van der Waals surface area contributed by atoms with Gasteiger partial charge in [-0.2, -0.15) is 5.26 Å². The second-order valence-corrected chi connectivity index (χ2v) is 7.48. The summed E-state index contributed by atoms with van der Waals surface area (Å²) in [6.45, 7) is -1.07. The molecule has 0 fully saturated rings. The zero-order valence-electron chi connectivity index (χ0n) is 19.5. The molecule has 37 heavy (non-hydrogen) atoms. The Hall–Kier alpha value is -4.99. The quantitative estimate of drug-likeness (QED) is 0.315. The summed E-state index contributed by atoms with van der Waals surface area (Å²) in [5.41, 5.74) is 4.94. The molecule has 0 amide bonds. The van der Waals surface area contributed by atoms with Gasteiger partial charge in [0.05, 0.1) is 54.0 Å². The maximum atomic E-state index is 13.1. The van der Waals surface area contributed by atoms with Crippen LogP contribution in [-0.4, -0.2) is 44.1 Å². The zero-order chi connectivity index (χ0) is 27.3. The van der Waals surface area contributed by atoms with Crippen molar-refractivity contribution in [3.8, 4) is 11.8 Å². The number of nitro benzene ring substituents is 1. The minimum atomic E-state index is -2.88. The summed E-state index contributed by atoms with van der Waals surface area (Å²) >= 11 is 0. The normalized spacial score (nSPS) is 15.4. The number of benzene rings is 2. The molecule has 192 valence electrons. The Kier molecular flexibility index (Phi) is 8.03. The Bertz CT molecular complexity index is 1340. The van der Waals surface area contributed by atoms with E-state index in [9.17, 15) is 33.7 Å². The molecule has 1 unspecified atom stereocenters. The number of rotatable bonds is 8. The van der Waals surface area contributed by atoms with Crippen molar-refractivity contribution in [3.63, 3.8) is 0 Å². The van der Waals surface area contributed by atoms with Crippen LogP contribution >= 0.6 is 0 Å². The number of nitrogens with two attached hydrogens (primary N) is 1. The van der Waals surface area contributed by atoms with Gasteiger partial charge in [-0.05, 0) is 5.56 Å². The number of ether oxygens (including phenoxy) is 3. The van der Waals surface area contributed by atoms with Crippen molar-refractivity contribution in [2.24, 2.45) is 5.73 Å². The highest BCUT2D eigenvalue weighted by Gasteiger charge is 2.43. The number of esters is 2. The molecule has 2 N–H and O–H groups in total. The monoisotopic (exact) mass is 514 g/mol. The number of non-ortho nitro benzene ring substituents is 1. The molecule has 13 heteroatoms. The molecule has 0 saturated carbocycles. The van der Waals surface area contributed by atoms with Gasteiger partial charge in [0, 0.05) is 12.1 Å². The van der Waals surface area contributed by atoms with E-state index in [-0.39, 0.29) is 28.4 Å². The third-order valence-electron chi connectivity index (χ3n) is 5.33. The fourth-order valence-corrected chi connectivity index (χ4v) is 3.83. The number of nitro groups is 1. The van der Waals surface area contributed by atoms with Gasteiger partial charge in [0.2, 0.25) is 0 Å². The lowest BCUT2D eigenvalue weighted by Crippen LogP contribution is -2.40. The van der Waals surface area contributed by atoms with Gasteiger partial charge in [0.25, 0.3) is 12.1 Å². The molecular formula is C24H20F2N4O7. The minimum Gasteiger partial charge on any atom is -0.487 e. The number of carbonyl (C=O) groups excluding carboxylic acids is 2. The molecule has 1 heterocycles. The lowest BCUT2D eigenvalue weighted by Gasteiger charge is -2.35. The number of hydrogen-bond donors (Lipinski definition) is 1. The SMILES string of the molecule is COC(=O)C1=C(C(=O)OC)N(c2cc(OCC(F)F)cc([N+](=O)[O-])c2)C(N)=C(C#N)C1c1ccccc1. The minimum absolute atomic E-state index is 0.180. The van der Waals surface area contributed by atoms with E-state index in [1.54, 1.807) is 30.3 Å². The van der Waals surface area contributed by atoms with Crippen LogP contribution in [0.2, 0.25) is 0 Å². The van der Waals surface area contributed by atoms with Crippen LogP contribution in [0.4, 0.5) is 20.2 Å². The van der Waals surface area contributed by atoms with Crippen molar-refractivity contribution in [1.82, 2.24) is 0 Å². The highest BCUT2D eigenvalue weighted by Crippen LogP contribution is 2.44. The lowest BCUT2D eigenvalue weighted by atomic mass is 9.81. The zero-order valence-corrected chi connectivity index (χ0v) is 19.5. The summed E-state index contributed by atoms with van der Waals surface area (Å²) < 4.78 is 40.2. The average molecular weight is 514 g/mol. The van der Waals surface area contributed by atoms with Crippen LogP contribution < -0.4 is 15.4 Å². The summed E-state index contributed by atoms with van der Waals surface area (Å²) in [5.74, 6) is -3.94. The topological polar surface area (TPSA) is 158 Å².